The minimum atomic E-state index is -4.52. The first-order chi connectivity index (χ1) is 7.34. The Hall–Kier alpha value is -1.18. The average molecular weight is 253 g/mol. The first-order valence-corrected chi connectivity index (χ1v) is 5.37. The topological polar surface area (TPSA) is 54.9 Å². The molecule has 0 fully saturated rings. The van der Waals surface area contributed by atoms with Crippen LogP contribution in [0.5, 0.6) is 0 Å². The molecule has 4 nitrogen and oxygen atoms in total. The smallest absolute Gasteiger partial charge is 0.300 e. The SMILES string of the molecule is CC[C@@H](C)C(=O)Nc1nnc(C(F)(F)F)s1. The van der Waals surface area contributed by atoms with E-state index in [-0.39, 0.29) is 17.0 Å². The number of halogens is 3. The Bertz CT molecular complexity index is 377. The molecule has 16 heavy (non-hydrogen) atoms. The maximum absolute atomic E-state index is 12.2. The van der Waals surface area contributed by atoms with E-state index in [0.29, 0.717) is 17.8 Å². The molecule has 90 valence electrons. The van der Waals surface area contributed by atoms with Crippen molar-refractivity contribution in [1.82, 2.24) is 10.2 Å². The molecule has 0 saturated heterocycles. The molecule has 0 unspecified atom stereocenters. The predicted molar refractivity (Wildman–Crippen MR) is 53.0 cm³/mol. The predicted octanol–water partition coefficient (Wildman–Crippen LogP) is 2.54. The summed E-state index contributed by atoms with van der Waals surface area (Å²) in [7, 11) is 0. The van der Waals surface area contributed by atoms with Crippen LogP contribution in [0.1, 0.15) is 25.3 Å². The van der Waals surface area contributed by atoms with Crippen molar-refractivity contribution < 1.29 is 18.0 Å². The van der Waals surface area contributed by atoms with Gasteiger partial charge in [-0.15, -0.1) is 10.2 Å². The van der Waals surface area contributed by atoms with E-state index >= 15 is 0 Å². The Morgan fingerprint density at radius 3 is 2.56 bits per heavy atom. The quantitative estimate of drug-likeness (QED) is 0.900. The van der Waals surface area contributed by atoms with Crippen molar-refractivity contribution in [3.8, 4) is 0 Å². The Kier molecular flexibility index (Phi) is 3.84. The lowest BCUT2D eigenvalue weighted by molar-refractivity contribution is -0.138. The van der Waals surface area contributed by atoms with Crippen LogP contribution in [0.4, 0.5) is 18.3 Å². The van der Waals surface area contributed by atoms with Gasteiger partial charge in [0.25, 0.3) is 0 Å². The molecule has 0 aliphatic rings. The third-order valence-corrected chi connectivity index (χ3v) is 2.84. The first-order valence-electron chi connectivity index (χ1n) is 4.56. The molecule has 0 aromatic carbocycles. The third kappa shape index (κ3) is 3.16. The molecule has 1 atom stereocenters. The van der Waals surface area contributed by atoms with Crippen molar-refractivity contribution in [2.24, 2.45) is 5.92 Å². The molecule has 0 aliphatic carbocycles. The summed E-state index contributed by atoms with van der Waals surface area (Å²) in [6.07, 6.45) is -3.91. The molecule has 0 spiro atoms. The number of hydrogen-bond acceptors (Lipinski definition) is 4. The average Bonchev–Trinajstić information content (AvgIpc) is 2.64. The lowest BCUT2D eigenvalue weighted by atomic mass is 10.1. The standard InChI is InChI=1S/C8H10F3N3OS/c1-3-4(2)5(15)12-7-14-13-6(16-7)8(9,10)11/h4H,3H2,1-2H3,(H,12,14,15)/t4-/m1/s1. The summed E-state index contributed by atoms with van der Waals surface area (Å²) in [4.78, 5) is 11.3. The first kappa shape index (κ1) is 12.9. The number of hydrogen-bond donors (Lipinski definition) is 1. The molecule has 1 amide bonds. The van der Waals surface area contributed by atoms with E-state index in [1.54, 1.807) is 6.92 Å². The fraction of sp³-hybridized carbons (Fsp3) is 0.625. The molecular formula is C8H10F3N3OS. The summed E-state index contributed by atoms with van der Waals surface area (Å²) in [5.74, 6) is -0.620. The maximum atomic E-state index is 12.2. The molecule has 1 heterocycles. The highest BCUT2D eigenvalue weighted by Gasteiger charge is 2.35. The van der Waals surface area contributed by atoms with Crippen LogP contribution in [-0.4, -0.2) is 16.1 Å². The fourth-order valence-corrected chi connectivity index (χ4v) is 1.42. The normalized spacial score (nSPS) is 13.6. The van der Waals surface area contributed by atoms with E-state index in [9.17, 15) is 18.0 Å². The summed E-state index contributed by atoms with van der Waals surface area (Å²) in [6.45, 7) is 3.49. The molecule has 1 aromatic heterocycles. The monoisotopic (exact) mass is 253 g/mol. The third-order valence-electron chi connectivity index (χ3n) is 1.96. The van der Waals surface area contributed by atoms with Gasteiger partial charge in [0.05, 0.1) is 0 Å². The van der Waals surface area contributed by atoms with Crippen molar-refractivity contribution in [2.45, 2.75) is 26.4 Å². The second-order valence-electron chi connectivity index (χ2n) is 3.21. The number of alkyl halides is 3. The van der Waals surface area contributed by atoms with Gasteiger partial charge in [-0.3, -0.25) is 4.79 Å². The van der Waals surface area contributed by atoms with Gasteiger partial charge in [-0.25, -0.2) is 0 Å². The van der Waals surface area contributed by atoms with E-state index in [1.807, 2.05) is 6.92 Å². The van der Waals surface area contributed by atoms with Gasteiger partial charge in [0.15, 0.2) is 0 Å². The van der Waals surface area contributed by atoms with Crippen LogP contribution in [-0.2, 0) is 11.0 Å². The lowest BCUT2D eigenvalue weighted by Gasteiger charge is -2.06. The number of amides is 1. The molecule has 1 N–H and O–H groups in total. The van der Waals surface area contributed by atoms with E-state index in [4.69, 9.17) is 0 Å². The van der Waals surface area contributed by atoms with E-state index < -0.39 is 11.2 Å². The van der Waals surface area contributed by atoms with E-state index in [2.05, 4.69) is 15.5 Å². The zero-order valence-electron chi connectivity index (χ0n) is 8.63. The van der Waals surface area contributed by atoms with Gasteiger partial charge in [0.2, 0.25) is 16.0 Å². The fourth-order valence-electron chi connectivity index (χ4n) is 0.802. The number of anilines is 1. The van der Waals surface area contributed by atoms with Gasteiger partial charge in [-0.05, 0) is 6.42 Å². The van der Waals surface area contributed by atoms with E-state index in [1.165, 1.54) is 0 Å². The van der Waals surface area contributed by atoms with Crippen LogP contribution < -0.4 is 5.32 Å². The molecule has 0 radical (unpaired) electrons. The van der Waals surface area contributed by atoms with Crippen molar-refractivity contribution in [1.29, 1.82) is 0 Å². The van der Waals surface area contributed by atoms with Crippen molar-refractivity contribution >= 4 is 22.4 Å². The summed E-state index contributed by atoms with van der Waals surface area (Å²) < 4.78 is 36.5. The van der Waals surface area contributed by atoms with Crippen molar-refractivity contribution in [3.63, 3.8) is 0 Å². The zero-order valence-corrected chi connectivity index (χ0v) is 9.45. The number of rotatable bonds is 3. The highest BCUT2D eigenvalue weighted by atomic mass is 32.1. The molecular weight excluding hydrogens is 243 g/mol. The molecule has 0 saturated carbocycles. The van der Waals surface area contributed by atoms with Gasteiger partial charge in [0.1, 0.15) is 0 Å². The Balaban J connectivity index is 2.70. The van der Waals surface area contributed by atoms with Crippen LogP contribution in [0, 0.1) is 5.92 Å². The van der Waals surface area contributed by atoms with Crippen LogP contribution in [0.25, 0.3) is 0 Å². The van der Waals surface area contributed by atoms with Gasteiger partial charge < -0.3 is 5.32 Å². The number of aromatic nitrogens is 2. The van der Waals surface area contributed by atoms with Crippen LogP contribution in [0.3, 0.4) is 0 Å². The summed E-state index contributed by atoms with van der Waals surface area (Å²) >= 11 is 0.317. The van der Waals surface area contributed by atoms with Crippen molar-refractivity contribution in [3.05, 3.63) is 5.01 Å². The van der Waals surface area contributed by atoms with Gasteiger partial charge in [-0.2, -0.15) is 13.2 Å². The molecule has 1 rings (SSSR count). The number of nitrogens with one attached hydrogen (secondary N) is 1. The van der Waals surface area contributed by atoms with Gasteiger partial charge >= 0.3 is 6.18 Å². The minimum Gasteiger partial charge on any atom is -0.300 e. The Morgan fingerprint density at radius 1 is 1.50 bits per heavy atom. The number of carbonyl (C=O) groups excluding carboxylic acids is 1. The molecule has 8 heteroatoms. The maximum Gasteiger partial charge on any atom is 0.445 e. The largest absolute Gasteiger partial charge is 0.445 e. The summed E-state index contributed by atoms with van der Waals surface area (Å²) in [5, 5.41) is 7.31. The second kappa shape index (κ2) is 4.77. The van der Waals surface area contributed by atoms with E-state index in [0.717, 1.165) is 0 Å². The summed E-state index contributed by atoms with van der Waals surface area (Å²) in [5.41, 5.74) is 0. The van der Waals surface area contributed by atoms with Gasteiger partial charge in [-0.1, -0.05) is 25.2 Å². The Labute approximate surface area is 93.9 Å². The number of nitrogens with zero attached hydrogens (tertiary/aromatic N) is 2. The zero-order chi connectivity index (χ0) is 12.3. The minimum absolute atomic E-state index is 0.127. The molecule has 0 bridgehead atoms. The lowest BCUT2D eigenvalue weighted by Crippen LogP contribution is -2.19. The van der Waals surface area contributed by atoms with Crippen LogP contribution in [0.15, 0.2) is 0 Å². The van der Waals surface area contributed by atoms with Crippen LogP contribution in [0.2, 0.25) is 0 Å². The Morgan fingerprint density at radius 2 is 2.12 bits per heavy atom. The second-order valence-corrected chi connectivity index (χ2v) is 4.19. The summed E-state index contributed by atoms with van der Waals surface area (Å²) in [6, 6.07) is 0. The number of carbonyl (C=O) groups is 1. The highest BCUT2D eigenvalue weighted by molar-refractivity contribution is 7.15. The molecule has 1 aromatic rings. The molecule has 0 aliphatic heterocycles. The van der Waals surface area contributed by atoms with Gasteiger partial charge in [0, 0.05) is 5.92 Å². The van der Waals surface area contributed by atoms with Crippen molar-refractivity contribution in [2.75, 3.05) is 5.32 Å². The van der Waals surface area contributed by atoms with Crippen LogP contribution >= 0.6 is 11.3 Å². The highest BCUT2D eigenvalue weighted by Crippen LogP contribution is 2.33.